The first-order valence-electron chi connectivity index (χ1n) is 9.54. The smallest absolute Gasteiger partial charge is 0.254 e. The SMILES string of the molecule is COc1ccc(C(=O)N2CCCCCNC(=O)[C@@H]3CCCC[C@@H]32)cc1F. The summed E-state index contributed by atoms with van der Waals surface area (Å²) in [5.41, 5.74) is 0.310. The summed E-state index contributed by atoms with van der Waals surface area (Å²) >= 11 is 0. The van der Waals surface area contributed by atoms with Crippen LogP contribution in [0.5, 0.6) is 5.75 Å². The van der Waals surface area contributed by atoms with Crippen molar-refractivity contribution in [2.45, 2.75) is 51.0 Å². The quantitative estimate of drug-likeness (QED) is 0.879. The summed E-state index contributed by atoms with van der Waals surface area (Å²) in [4.78, 5) is 27.6. The number of methoxy groups -OCH3 is 1. The van der Waals surface area contributed by atoms with Crippen molar-refractivity contribution in [1.29, 1.82) is 0 Å². The van der Waals surface area contributed by atoms with E-state index in [1.807, 2.05) is 4.90 Å². The van der Waals surface area contributed by atoms with Gasteiger partial charge in [-0.05, 0) is 50.3 Å². The van der Waals surface area contributed by atoms with Crippen LogP contribution in [0, 0.1) is 11.7 Å². The van der Waals surface area contributed by atoms with E-state index in [0.29, 0.717) is 18.7 Å². The number of nitrogens with zero attached hydrogens (tertiary/aromatic N) is 1. The van der Waals surface area contributed by atoms with Crippen LogP contribution in [0.1, 0.15) is 55.3 Å². The Morgan fingerprint density at radius 2 is 2.00 bits per heavy atom. The Hall–Kier alpha value is -2.11. The van der Waals surface area contributed by atoms with E-state index in [0.717, 1.165) is 44.9 Å². The molecule has 2 atom stereocenters. The van der Waals surface area contributed by atoms with Crippen LogP contribution in [-0.4, -0.2) is 43.0 Å². The van der Waals surface area contributed by atoms with Gasteiger partial charge >= 0.3 is 0 Å². The van der Waals surface area contributed by atoms with Gasteiger partial charge in [-0.2, -0.15) is 0 Å². The van der Waals surface area contributed by atoms with Gasteiger partial charge in [-0.15, -0.1) is 0 Å². The summed E-state index contributed by atoms with van der Waals surface area (Å²) < 4.78 is 19.0. The fourth-order valence-corrected chi connectivity index (χ4v) is 4.10. The molecular formula is C20H27FN2O3. The van der Waals surface area contributed by atoms with Crippen LogP contribution >= 0.6 is 0 Å². The normalized spacial score (nSPS) is 24.4. The predicted octanol–water partition coefficient (Wildman–Crippen LogP) is 3.14. The van der Waals surface area contributed by atoms with E-state index < -0.39 is 5.82 Å². The zero-order valence-electron chi connectivity index (χ0n) is 15.3. The molecular weight excluding hydrogens is 335 g/mol. The molecule has 0 aromatic heterocycles. The molecule has 1 aromatic rings. The highest BCUT2D eigenvalue weighted by Crippen LogP contribution is 2.31. The molecule has 1 aromatic carbocycles. The third-order valence-corrected chi connectivity index (χ3v) is 5.50. The third kappa shape index (κ3) is 4.00. The molecule has 2 fully saturated rings. The zero-order chi connectivity index (χ0) is 18.5. The number of nitrogens with one attached hydrogen (secondary N) is 1. The number of hydrogen-bond acceptors (Lipinski definition) is 3. The maximum absolute atomic E-state index is 14.1. The second kappa shape index (κ2) is 8.52. The summed E-state index contributed by atoms with van der Waals surface area (Å²) in [6.45, 7) is 1.32. The molecule has 142 valence electrons. The average molecular weight is 362 g/mol. The number of rotatable bonds is 2. The molecule has 1 saturated heterocycles. The number of amides is 2. The number of benzene rings is 1. The van der Waals surface area contributed by atoms with Crippen molar-refractivity contribution in [3.63, 3.8) is 0 Å². The molecule has 1 aliphatic heterocycles. The fraction of sp³-hybridized carbons (Fsp3) is 0.600. The van der Waals surface area contributed by atoms with Gasteiger partial charge < -0.3 is 15.0 Å². The van der Waals surface area contributed by atoms with Crippen LogP contribution in [0.2, 0.25) is 0 Å². The van der Waals surface area contributed by atoms with Crippen molar-refractivity contribution in [2.24, 2.45) is 5.92 Å². The van der Waals surface area contributed by atoms with Crippen molar-refractivity contribution in [1.82, 2.24) is 10.2 Å². The minimum Gasteiger partial charge on any atom is -0.494 e. The molecule has 0 unspecified atom stereocenters. The molecule has 2 amide bonds. The first-order valence-corrected chi connectivity index (χ1v) is 9.54. The van der Waals surface area contributed by atoms with E-state index in [2.05, 4.69) is 5.32 Å². The van der Waals surface area contributed by atoms with Gasteiger partial charge in [-0.25, -0.2) is 4.39 Å². The first kappa shape index (κ1) is 18.7. The minimum absolute atomic E-state index is 0.0512. The van der Waals surface area contributed by atoms with E-state index >= 15 is 0 Å². The highest BCUT2D eigenvalue weighted by Gasteiger charge is 2.37. The molecule has 0 spiro atoms. The molecule has 1 N–H and O–H groups in total. The molecule has 5 nitrogen and oxygen atoms in total. The lowest BCUT2D eigenvalue weighted by Crippen LogP contribution is -2.51. The molecule has 26 heavy (non-hydrogen) atoms. The van der Waals surface area contributed by atoms with E-state index in [9.17, 15) is 14.0 Å². The topological polar surface area (TPSA) is 58.6 Å². The lowest BCUT2D eigenvalue weighted by molar-refractivity contribution is -0.128. The highest BCUT2D eigenvalue weighted by atomic mass is 19.1. The molecule has 0 radical (unpaired) electrons. The number of carbonyl (C=O) groups excluding carboxylic acids is 2. The largest absolute Gasteiger partial charge is 0.494 e. The Balaban J connectivity index is 1.88. The highest BCUT2D eigenvalue weighted by molar-refractivity contribution is 5.95. The van der Waals surface area contributed by atoms with Gasteiger partial charge in [0.05, 0.1) is 13.0 Å². The molecule has 2 aliphatic rings. The number of fused-ring (bicyclic) bond motifs is 1. The number of carbonyl (C=O) groups is 2. The Labute approximate surface area is 153 Å². The van der Waals surface area contributed by atoms with Crippen molar-refractivity contribution < 1.29 is 18.7 Å². The maximum atomic E-state index is 14.1. The van der Waals surface area contributed by atoms with Crippen LogP contribution in [0.15, 0.2) is 18.2 Å². The second-order valence-corrected chi connectivity index (χ2v) is 7.16. The molecule has 3 rings (SSSR count). The van der Waals surface area contributed by atoms with Crippen LogP contribution in [0.3, 0.4) is 0 Å². The van der Waals surface area contributed by atoms with Crippen LogP contribution in [0.25, 0.3) is 0 Å². The number of halogens is 1. The van der Waals surface area contributed by atoms with Crippen molar-refractivity contribution >= 4 is 11.8 Å². The van der Waals surface area contributed by atoms with E-state index in [1.165, 1.54) is 19.2 Å². The summed E-state index contributed by atoms with van der Waals surface area (Å²) in [5.74, 6) is -0.740. The van der Waals surface area contributed by atoms with Gasteiger partial charge in [-0.3, -0.25) is 9.59 Å². The van der Waals surface area contributed by atoms with Crippen molar-refractivity contribution in [3.8, 4) is 5.75 Å². The molecule has 6 heteroatoms. The van der Waals surface area contributed by atoms with Crippen molar-refractivity contribution in [2.75, 3.05) is 20.2 Å². The Morgan fingerprint density at radius 1 is 1.19 bits per heavy atom. The van der Waals surface area contributed by atoms with E-state index in [4.69, 9.17) is 4.74 Å². The second-order valence-electron chi connectivity index (χ2n) is 7.16. The van der Waals surface area contributed by atoms with Gasteiger partial charge in [0, 0.05) is 24.7 Å². The molecule has 1 heterocycles. The van der Waals surface area contributed by atoms with Crippen LogP contribution < -0.4 is 10.1 Å². The fourth-order valence-electron chi connectivity index (χ4n) is 4.10. The lowest BCUT2D eigenvalue weighted by Gasteiger charge is -2.40. The Kier molecular flexibility index (Phi) is 6.12. The lowest BCUT2D eigenvalue weighted by atomic mass is 9.82. The summed E-state index contributed by atoms with van der Waals surface area (Å²) in [6.07, 6.45) is 6.41. The van der Waals surface area contributed by atoms with E-state index in [1.54, 1.807) is 6.07 Å². The summed E-state index contributed by atoms with van der Waals surface area (Å²) in [7, 11) is 1.40. The van der Waals surface area contributed by atoms with Gasteiger partial charge in [0.1, 0.15) is 0 Å². The monoisotopic (exact) mass is 362 g/mol. The van der Waals surface area contributed by atoms with Crippen molar-refractivity contribution in [3.05, 3.63) is 29.6 Å². The maximum Gasteiger partial charge on any atom is 0.254 e. The van der Waals surface area contributed by atoms with Gasteiger partial charge in [-0.1, -0.05) is 12.8 Å². The van der Waals surface area contributed by atoms with Crippen LogP contribution in [-0.2, 0) is 4.79 Å². The van der Waals surface area contributed by atoms with Gasteiger partial charge in [0.15, 0.2) is 11.6 Å². The number of hydrogen-bond donors (Lipinski definition) is 1. The van der Waals surface area contributed by atoms with Crippen LogP contribution in [0.4, 0.5) is 4.39 Å². The Morgan fingerprint density at radius 3 is 2.77 bits per heavy atom. The molecule has 1 saturated carbocycles. The predicted molar refractivity (Wildman–Crippen MR) is 96.6 cm³/mol. The first-order chi connectivity index (χ1) is 12.6. The molecule has 1 aliphatic carbocycles. The zero-order valence-corrected chi connectivity index (χ0v) is 15.3. The number of ether oxygens (including phenoxy) is 1. The van der Waals surface area contributed by atoms with E-state index in [-0.39, 0.29) is 29.5 Å². The van der Waals surface area contributed by atoms with Gasteiger partial charge in [0.25, 0.3) is 5.91 Å². The minimum atomic E-state index is -0.544. The third-order valence-electron chi connectivity index (χ3n) is 5.50. The summed E-state index contributed by atoms with van der Waals surface area (Å²) in [6, 6.07) is 4.20. The Bertz CT molecular complexity index is 664. The van der Waals surface area contributed by atoms with Gasteiger partial charge in [0.2, 0.25) is 5.91 Å². The average Bonchev–Trinajstić information content (AvgIpc) is 2.66. The molecule has 0 bridgehead atoms. The summed E-state index contributed by atoms with van der Waals surface area (Å²) in [5, 5.41) is 3.02. The standard InChI is InChI=1S/C20H27FN2O3/c1-26-18-10-9-14(13-16(18)21)20(25)23-12-6-2-5-11-22-19(24)15-7-3-4-8-17(15)23/h9-10,13,15,17H,2-8,11-12H2,1H3,(H,22,24)/t15-,17+/m1/s1.